The van der Waals surface area contributed by atoms with Crippen LogP contribution in [0.1, 0.15) is 41.4 Å². The van der Waals surface area contributed by atoms with Crippen molar-refractivity contribution in [2.75, 3.05) is 99.0 Å². The van der Waals surface area contributed by atoms with Gasteiger partial charge in [0.1, 0.15) is 12.7 Å². The van der Waals surface area contributed by atoms with Crippen LogP contribution in [0.2, 0.25) is 0 Å². The standard InChI is InChI=1S/C47H52O22/c1-52-25-14-21(15-26(53-2)34(25)58-7)43(48)68-41-38-31(66-47(64-13)42(41)69-44(49)22-16-27(54-3)35(59-8)28(17-22)55-4)20-65-45(50)23-18-29(56-5)36(60-9)39(62-11)32(23)33-24(46(51)67-38)19-30(57-6)37(61-10)40(33)63-12/h14-19,31,38,41-42,47H,20H2,1-13H3/t31-,38-,41+,42-,47+/m1/s1. The summed E-state index contributed by atoms with van der Waals surface area (Å²) >= 11 is 0. The van der Waals surface area contributed by atoms with Crippen LogP contribution in [0.4, 0.5) is 0 Å². The molecule has 372 valence electrons. The minimum Gasteiger partial charge on any atom is -0.493 e. The van der Waals surface area contributed by atoms with E-state index in [-0.39, 0.29) is 102 Å². The smallest absolute Gasteiger partial charge is 0.339 e. The lowest BCUT2D eigenvalue weighted by Crippen LogP contribution is -2.63. The molecule has 6 rings (SSSR count). The maximum Gasteiger partial charge on any atom is 0.339 e. The van der Waals surface area contributed by atoms with E-state index in [0.717, 1.165) is 0 Å². The molecule has 0 radical (unpaired) electrons. The van der Waals surface area contributed by atoms with Crippen LogP contribution in [0.15, 0.2) is 36.4 Å². The summed E-state index contributed by atoms with van der Waals surface area (Å²) in [6.07, 6.45) is -8.51. The van der Waals surface area contributed by atoms with Crippen LogP contribution in [0, 0.1) is 0 Å². The summed E-state index contributed by atoms with van der Waals surface area (Å²) in [6.45, 7) is -0.696. The van der Waals surface area contributed by atoms with Gasteiger partial charge in [0.25, 0.3) is 0 Å². The van der Waals surface area contributed by atoms with Crippen LogP contribution in [-0.4, -0.2) is 154 Å². The molecule has 1 saturated heterocycles. The van der Waals surface area contributed by atoms with Gasteiger partial charge in [0, 0.05) is 18.2 Å². The largest absolute Gasteiger partial charge is 0.493 e. The summed E-state index contributed by atoms with van der Waals surface area (Å²) < 4.78 is 104. The summed E-state index contributed by atoms with van der Waals surface area (Å²) in [5.41, 5.74) is -0.977. The monoisotopic (exact) mass is 968 g/mol. The molecular weight excluding hydrogens is 916 g/mol. The third-order valence-electron chi connectivity index (χ3n) is 11.1. The molecule has 69 heavy (non-hydrogen) atoms. The molecule has 2 heterocycles. The maximum absolute atomic E-state index is 15.2. The fourth-order valence-electron chi connectivity index (χ4n) is 7.94. The first-order valence-corrected chi connectivity index (χ1v) is 20.5. The predicted octanol–water partition coefficient (Wildman–Crippen LogP) is 4.98. The third-order valence-corrected chi connectivity index (χ3v) is 11.1. The van der Waals surface area contributed by atoms with Crippen molar-refractivity contribution in [3.63, 3.8) is 0 Å². The van der Waals surface area contributed by atoms with E-state index in [0.29, 0.717) is 0 Å². The number of hydrogen-bond donors (Lipinski definition) is 0. The van der Waals surface area contributed by atoms with Crippen LogP contribution >= 0.6 is 0 Å². The molecule has 4 aromatic rings. The summed E-state index contributed by atoms with van der Waals surface area (Å²) in [5, 5.41) is 0. The summed E-state index contributed by atoms with van der Waals surface area (Å²) in [4.78, 5) is 58.7. The quantitative estimate of drug-likeness (QED) is 0.100. The average Bonchev–Trinajstić information content (AvgIpc) is 3.39. The Morgan fingerprint density at radius 3 is 1.17 bits per heavy atom. The second kappa shape index (κ2) is 21.9. The average molecular weight is 969 g/mol. The normalized spacial score (nSPS) is 18.4. The maximum atomic E-state index is 15.2. The Hall–Kier alpha value is -7.72. The number of carbonyl (C=O) groups excluding carboxylic acids is 4. The highest BCUT2D eigenvalue weighted by molar-refractivity contribution is 6.09. The summed E-state index contributed by atoms with van der Waals surface area (Å²) in [5.74, 6) is -3.71. The van der Waals surface area contributed by atoms with Gasteiger partial charge in [-0.2, -0.15) is 0 Å². The van der Waals surface area contributed by atoms with Crippen molar-refractivity contribution in [3.05, 3.63) is 58.7 Å². The van der Waals surface area contributed by atoms with Crippen LogP contribution < -0.4 is 56.8 Å². The molecule has 22 heteroatoms. The molecular formula is C47H52O22. The second-order valence-corrected chi connectivity index (χ2v) is 14.5. The second-order valence-electron chi connectivity index (χ2n) is 14.5. The molecule has 2 aliphatic heterocycles. The highest BCUT2D eigenvalue weighted by atomic mass is 16.7. The van der Waals surface area contributed by atoms with Crippen molar-refractivity contribution in [2.24, 2.45) is 0 Å². The van der Waals surface area contributed by atoms with E-state index in [1.165, 1.54) is 129 Å². The number of esters is 4. The molecule has 0 bridgehead atoms. The zero-order valence-corrected chi connectivity index (χ0v) is 40.0. The SMILES string of the molecule is COc1cc(C(=O)O[C@@H]2[C@@H](OC(=O)c3cc(OC)c(OC)c(OC)c3)[C@@H](OC)O[C@@H]3COC(=O)c4cc(OC)c(OC)c(OC)c4-c4c(cc(OC)c(OC)c4OC)C(=O)O[C@@H]23)cc(OC)c1OC. The van der Waals surface area contributed by atoms with Gasteiger partial charge < -0.3 is 85.3 Å². The van der Waals surface area contributed by atoms with Gasteiger partial charge in [0.2, 0.25) is 23.0 Å². The third kappa shape index (κ3) is 9.44. The number of fused-ring (bicyclic) bond motifs is 4. The van der Waals surface area contributed by atoms with Crippen molar-refractivity contribution in [1.82, 2.24) is 0 Å². The minimum atomic E-state index is -1.84. The lowest BCUT2D eigenvalue weighted by Gasteiger charge is -2.44. The van der Waals surface area contributed by atoms with E-state index in [9.17, 15) is 14.4 Å². The Bertz CT molecular complexity index is 2520. The van der Waals surface area contributed by atoms with E-state index in [1.54, 1.807) is 0 Å². The molecule has 2 aliphatic rings. The molecule has 4 aromatic carbocycles. The predicted molar refractivity (Wildman–Crippen MR) is 237 cm³/mol. The molecule has 0 spiro atoms. The Kier molecular flexibility index (Phi) is 16.1. The Labute approximate surface area is 396 Å². The molecule has 0 amide bonds. The van der Waals surface area contributed by atoms with Gasteiger partial charge in [0.15, 0.2) is 70.6 Å². The highest BCUT2D eigenvalue weighted by Gasteiger charge is 2.54. The Balaban J connectivity index is 1.61. The van der Waals surface area contributed by atoms with E-state index in [4.69, 9.17) is 85.3 Å². The first kappa shape index (κ1) is 50.7. The van der Waals surface area contributed by atoms with Crippen molar-refractivity contribution in [1.29, 1.82) is 0 Å². The van der Waals surface area contributed by atoms with Gasteiger partial charge in [-0.3, -0.25) is 0 Å². The molecule has 0 aromatic heterocycles. The molecule has 5 atom stereocenters. The minimum absolute atomic E-state index is 0.00434. The van der Waals surface area contributed by atoms with E-state index in [1.807, 2.05) is 0 Å². The van der Waals surface area contributed by atoms with Crippen molar-refractivity contribution < 1.29 is 104 Å². The number of benzene rings is 4. The summed E-state index contributed by atoms with van der Waals surface area (Å²) in [7, 11) is 17.3. The summed E-state index contributed by atoms with van der Waals surface area (Å²) in [6, 6.07) is 7.86. The number of cyclic esters (lactones) is 1. The molecule has 0 N–H and O–H groups in total. The van der Waals surface area contributed by atoms with Crippen LogP contribution in [0.3, 0.4) is 0 Å². The molecule has 22 nitrogen and oxygen atoms in total. The van der Waals surface area contributed by atoms with E-state index in [2.05, 4.69) is 0 Å². The highest BCUT2D eigenvalue weighted by Crippen LogP contribution is 2.55. The first-order valence-electron chi connectivity index (χ1n) is 20.5. The van der Waals surface area contributed by atoms with Gasteiger partial charge >= 0.3 is 23.9 Å². The Morgan fingerprint density at radius 1 is 0.449 bits per heavy atom. The van der Waals surface area contributed by atoms with Crippen LogP contribution in [0.25, 0.3) is 11.1 Å². The van der Waals surface area contributed by atoms with Gasteiger partial charge in [-0.05, 0) is 36.4 Å². The lowest BCUT2D eigenvalue weighted by molar-refractivity contribution is -0.291. The number of carbonyl (C=O) groups is 4. The fraction of sp³-hybridized carbons (Fsp3) is 0.404. The number of ether oxygens (including phenoxy) is 18. The fourth-order valence-corrected chi connectivity index (χ4v) is 7.94. The zero-order valence-electron chi connectivity index (χ0n) is 40.0. The van der Waals surface area contributed by atoms with Gasteiger partial charge in [-0.15, -0.1) is 0 Å². The lowest BCUT2D eigenvalue weighted by atomic mass is 9.91. The number of methoxy groups -OCH3 is 13. The van der Waals surface area contributed by atoms with Crippen molar-refractivity contribution >= 4 is 23.9 Å². The first-order chi connectivity index (χ1) is 33.3. The van der Waals surface area contributed by atoms with Crippen molar-refractivity contribution in [3.8, 4) is 80.1 Å². The molecule has 1 fully saturated rings. The van der Waals surface area contributed by atoms with Gasteiger partial charge in [-0.1, -0.05) is 0 Å². The molecule has 0 aliphatic carbocycles. The van der Waals surface area contributed by atoms with Crippen molar-refractivity contribution in [2.45, 2.75) is 30.7 Å². The number of rotatable bonds is 17. The zero-order chi connectivity index (χ0) is 50.3. The number of hydrogen-bond acceptors (Lipinski definition) is 22. The van der Waals surface area contributed by atoms with E-state index < -0.39 is 61.2 Å². The molecule has 0 saturated carbocycles. The van der Waals surface area contributed by atoms with E-state index >= 15 is 4.79 Å². The van der Waals surface area contributed by atoms with Crippen LogP contribution in [0.5, 0.6) is 69.0 Å². The van der Waals surface area contributed by atoms with Gasteiger partial charge in [-0.25, -0.2) is 19.2 Å². The van der Waals surface area contributed by atoms with Gasteiger partial charge in [0.05, 0.1) is 108 Å². The molecule has 0 unspecified atom stereocenters. The Morgan fingerprint density at radius 2 is 0.812 bits per heavy atom. The van der Waals surface area contributed by atoms with Crippen LogP contribution in [-0.2, 0) is 28.4 Å². The topological polar surface area (TPSA) is 234 Å².